The van der Waals surface area contributed by atoms with Crippen molar-refractivity contribution in [3.05, 3.63) is 22.5 Å². The molecule has 0 bridgehead atoms. The molecule has 0 aromatic carbocycles. The van der Waals surface area contributed by atoms with Gasteiger partial charge in [0.05, 0.1) is 12.3 Å². The summed E-state index contributed by atoms with van der Waals surface area (Å²) in [5, 5.41) is 0. The molecule has 2 N–H and O–H groups in total. The molecule has 1 aromatic rings. The lowest BCUT2D eigenvalue weighted by Crippen LogP contribution is -2.35. The van der Waals surface area contributed by atoms with E-state index in [0.717, 1.165) is 10.8 Å². The number of ether oxygens (including phenoxy) is 3. The number of nitrogen functional groups attached to an aromatic ring is 1. The summed E-state index contributed by atoms with van der Waals surface area (Å²) in [6.45, 7) is 5.37. The predicted molar refractivity (Wildman–Crippen MR) is 66.3 cm³/mol. The Balaban J connectivity index is 1.99. The van der Waals surface area contributed by atoms with Crippen molar-refractivity contribution in [2.24, 2.45) is 0 Å². The summed E-state index contributed by atoms with van der Waals surface area (Å²) in [5.41, 5.74) is 4.58. The molecule has 7 nitrogen and oxygen atoms in total. The van der Waals surface area contributed by atoms with E-state index in [2.05, 4.69) is 4.98 Å². The molecule has 4 atom stereocenters. The molecule has 0 aliphatic carbocycles. The molecule has 0 spiro atoms. The highest BCUT2D eigenvalue weighted by molar-refractivity contribution is 5.26. The fourth-order valence-electron chi connectivity index (χ4n) is 2.64. The van der Waals surface area contributed by atoms with Gasteiger partial charge in [-0.2, -0.15) is 4.98 Å². The van der Waals surface area contributed by atoms with Gasteiger partial charge in [0.25, 0.3) is 0 Å². The minimum Gasteiger partial charge on any atom is -0.381 e. The molecule has 8 heteroatoms. The number of halogens is 1. The molecule has 0 radical (unpaired) electrons. The molecule has 2 aliphatic rings. The van der Waals surface area contributed by atoms with Gasteiger partial charge in [-0.05, 0) is 20.8 Å². The Labute approximate surface area is 114 Å². The lowest BCUT2D eigenvalue weighted by molar-refractivity contribution is -0.195. The summed E-state index contributed by atoms with van der Waals surface area (Å²) < 4.78 is 31.7. The third kappa shape index (κ3) is 2.00. The Morgan fingerprint density at radius 1 is 1.40 bits per heavy atom. The van der Waals surface area contributed by atoms with E-state index in [0.29, 0.717) is 0 Å². The highest BCUT2D eigenvalue weighted by Crippen LogP contribution is 2.42. The number of fused-ring (bicyclic) bond motifs is 1. The number of hydrogen-bond donors (Lipinski definition) is 1. The number of aromatic nitrogens is 2. The van der Waals surface area contributed by atoms with Crippen molar-refractivity contribution >= 4 is 5.82 Å². The third-order valence-electron chi connectivity index (χ3n) is 3.47. The van der Waals surface area contributed by atoms with Gasteiger partial charge in [-0.1, -0.05) is 0 Å². The molecule has 2 saturated heterocycles. The quantitative estimate of drug-likeness (QED) is 0.803. The van der Waals surface area contributed by atoms with E-state index in [9.17, 15) is 9.18 Å². The van der Waals surface area contributed by atoms with Gasteiger partial charge in [0.15, 0.2) is 23.7 Å². The molecular formula is C12H16FN3O4. The van der Waals surface area contributed by atoms with Crippen molar-refractivity contribution in [1.29, 1.82) is 0 Å². The Bertz CT molecular complexity index is 603. The Morgan fingerprint density at radius 3 is 2.75 bits per heavy atom. The van der Waals surface area contributed by atoms with Crippen LogP contribution >= 0.6 is 0 Å². The number of anilines is 1. The van der Waals surface area contributed by atoms with Crippen LogP contribution in [0.1, 0.15) is 27.0 Å². The van der Waals surface area contributed by atoms with Crippen LogP contribution in [0.25, 0.3) is 0 Å². The van der Waals surface area contributed by atoms with E-state index < -0.39 is 35.4 Å². The van der Waals surface area contributed by atoms with Crippen LogP contribution < -0.4 is 11.4 Å². The van der Waals surface area contributed by atoms with Gasteiger partial charge >= 0.3 is 5.69 Å². The predicted octanol–water partition coefficient (Wildman–Crippen LogP) is 0.402. The molecule has 110 valence electrons. The maximum atomic E-state index is 13.5. The molecule has 3 rings (SSSR count). The second kappa shape index (κ2) is 4.24. The standard InChI is InChI=1S/C12H16FN3O4/c1-5-7-8(20-12(2,3)19-7)10(18-5)16-4-6(13)9(14)15-11(16)17/h4-5,7-8,10H,1-3H3,(H2,14,15,17)/t5-,7-,8+,10-/m1/s1. The average molecular weight is 285 g/mol. The average Bonchev–Trinajstić information content (AvgIpc) is 2.80. The number of hydrogen-bond acceptors (Lipinski definition) is 6. The Hall–Kier alpha value is -1.51. The summed E-state index contributed by atoms with van der Waals surface area (Å²) in [6.07, 6.45) is -0.893. The SMILES string of the molecule is C[C@H]1O[C@@H](n2cc(F)c(N)nc2=O)[C@H]2OC(C)(C)O[C@@H]21. The minimum atomic E-state index is -0.785. The van der Waals surface area contributed by atoms with Crippen molar-refractivity contribution in [3.8, 4) is 0 Å². The van der Waals surface area contributed by atoms with E-state index in [1.165, 1.54) is 0 Å². The van der Waals surface area contributed by atoms with Gasteiger partial charge in [0.1, 0.15) is 12.2 Å². The van der Waals surface area contributed by atoms with E-state index >= 15 is 0 Å². The maximum absolute atomic E-state index is 13.5. The van der Waals surface area contributed by atoms with E-state index in [-0.39, 0.29) is 12.2 Å². The molecule has 2 fully saturated rings. The van der Waals surface area contributed by atoms with Crippen LogP contribution in [-0.2, 0) is 14.2 Å². The van der Waals surface area contributed by atoms with Gasteiger partial charge in [-0.15, -0.1) is 0 Å². The molecule has 0 unspecified atom stereocenters. The second-order valence-electron chi connectivity index (χ2n) is 5.46. The van der Waals surface area contributed by atoms with Crippen molar-refractivity contribution in [3.63, 3.8) is 0 Å². The van der Waals surface area contributed by atoms with Crippen LogP contribution in [0.4, 0.5) is 10.2 Å². The van der Waals surface area contributed by atoms with E-state index in [1.54, 1.807) is 13.8 Å². The molecule has 1 aromatic heterocycles. The largest absolute Gasteiger partial charge is 0.381 e. The second-order valence-corrected chi connectivity index (χ2v) is 5.46. The van der Waals surface area contributed by atoms with Crippen molar-refractivity contribution in [2.45, 2.75) is 51.1 Å². The zero-order valence-electron chi connectivity index (χ0n) is 11.4. The summed E-state index contributed by atoms with van der Waals surface area (Å²) in [6, 6.07) is 0. The van der Waals surface area contributed by atoms with Gasteiger partial charge in [0.2, 0.25) is 0 Å². The smallest absolute Gasteiger partial charge is 0.351 e. The number of rotatable bonds is 1. The highest BCUT2D eigenvalue weighted by atomic mass is 19.1. The van der Waals surface area contributed by atoms with E-state index in [1.807, 2.05) is 6.92 Å². The van der Waals surface area contributed by atoms with E-state index in [4.69, 9.17) is 19.9 Å². The molecule has 2 aliphatic heterocycles. The Morgan fingerprint density at radius 2 is 2.05 bits per heavy atom. The first kappa shape index (κ1) is 13.5. The fraction of sp³-hybridized carbons (Fsp3) is 0.667. The fourth-order valence-corrected chi connectivity index (χ4v) is 2.64. The molecule has 3 heterocycles. The van der Waals surface area contributed by atoms with Gasteiger partial charge in [0, 0.05) is 0 Å². The lowest BCUT2D eigenvalue weighted by Gasteiger charge is -2.23. The summed E-state index contributed by atoms with van der Waals surface area (Å²) >= 11 is 0. The monoisotopic (exact) mass is 285 g/mol. The van der Waals surface area contributed by atoms with Crippen LogP contribution in [0.2, 0.25) is 0 Å². The van der Waals surface area contributed by atoms with Crippen molar-refractivity contribution in [1.82, 2.24) is 9.55 Å². The normalized spacial score (nSPS) is 35.2. The van der Waals surface area contributed by atoms with Crippen LogP contribution in [0.3, 0.4) is 0 Å². The van der Waals surface area contributed by atoms with Crippen molar-refractivity contribution in [2.75, 3.05) is 5.73 Å². The van der Waals surface area contributed by atoms with Crippen LogP contribution in [0, 0.1) is 5.82 Å². The third-order valence-corrected chi connectivity index (χ3v) is 3.47. The topological polar surface area (TPSA) is 88.6 Å². The molecular weight excluding hydrogens is 269 g/mol. The molecule has 0 saturated carbocycles. The maximum Gasteiger partial charge on any atom is 0.351 e. The van der Waals surface area contributed by atoms with Gasteiger partial charge < -0.3 is 19.9 Å². The summed E-state index contributed by atoms with van der Waals surface area (Å²) in [7, 11) is 0. The van der Waals surface area contributed by atoms with Crippen LogP contribution in [-0.4, -0.2) is 33.7 Å². The number of nitrogens with zero attached hydrogens (tertiary/aromatic N) is 2. The summed E-state index contributed by atoms with van der Waals surface area (Å²) in [4.78, 5) is 15.3. The number of nitrogens with two attached hydrogens (primary N) is 1. The minimum absolute atomic E-state index is 0.278. The van der Waals surface area contributed by atoms with Crippen molar-refractivity contribution < 1.29 is 18.6 Å². The van der Waals surface area contributed by atoms with Crippen LogP contribution in [0.15, 0.2) is 11.0 Å². The first-order chi connectivity index (χ1) is 9.28. The van der Waals surface area contributed by atoms with Gasteiger partial charge in [-0.3, -0.25) is 4.57 Å². The van der Waals surface area contributed by atoms with Gasteiger partial charge in [-0.25, -0.2) is 9.18 Å². The Kier molecular flexibility index (Phi) is 2.86. The molecule has 20 heavy (non-hydrogen) atoms. The first-order valence-electron chi connectivity index (χ1n) is 6.34. The molecule has 0 amide bonds. The van der Waals surface area contributed by atoms with Crippen LogP contribution in [0.5, 0.6) is 0 Å². The zero-order valence-corrected chi connectivity index (χ0v) is 11.4. The zero-order chi connectivity index (χ0) is 14.7. The highest BCUT2D eigenvalue weighted by Gasteiger charge is 2.54. The first-order valence-corrected chi connectivity index (χ1v) is 6.34. The lowest BCUT2D eigenvalue weighted by atomic mass is 10.1. The summed E-state index contributed by atoms with van der Waals surface area (Å²) in [5.74, 6) is -1.98.